The van der Waals surface area contributed by atoms with Crippen LogP contribution in [0.15, 0.2) is 18.2 Å². The lowest BCUT2D eigenvalue weighted by atomic mass is 9.87. The van der Waals surface area contributed by atoms with Crippen LogP contribution < -0.4 is 5.30 Å². The molecule has 0 spiro atoms. The molecule has 1 aliphatic rings. The van der Waals surface area contributed by atoms with Crippen LogP contribution in [0.25, 0.3) is 0 Å². The smallest absolute Gasteiger partial charge is 0.138 e. The van der Waals surface area contributed by atoms with E-state index < -0.39 is 0 Å². The molecule has 1 heterocycles. The van der Waals surface area contributed by atoms with Gasteiger partial charge in [0.15, 0.2) is 0 Å². The summed E-state index contributed by atoms with van der Waals surface area (Å²) < 4.78 is 13.9. The number of likely N-dealkylation sites (tertiary alicyclic amines) is 1. The highest BCUT2D eigenvalue weighted by molar-refractivity contribution is 7.27. The highest BCUT2D eigenvalue weighted by Gasteiger charge is 2.31. The molecule has 25 heavy (non-hydrogen) atoms. The summed E-state index contributed by atoms with van der Waals surface area (Å²) >= 11 is 0. The molecule has 0 aliphatic carbocycles. The van der Waals surface area contributed by atoms with Crippen LogP contribution in [-0.2, 0) is 4.79 Å². The molecular weight excluding hydrogens is 334 g/mol. The summed E-state index contributed by atoms with van der Waals surface area (Å²) in [6.07, 6.45) is 2.22. The second kappa shape index (κ2) is 10.4. The summed E-state index contributed by atoms with van der Waals surface area (Å²) in [6, 6.07) is 5.82. The van der Waals surface area contributed by atoms with E-state index in [1.807, 2.05) is 19.9 Å². The van der Waals surface area contributed by atoms with Crippen LogP contribution in [-0.4, -0.2) is 54.9 Å². The Hall–Kier alpha value is -0.830. The van der Waals surface area contributed by atoms with Crippen molar-refractivity contribution in [1.82, 2.24) is 9.80 Å². The van der Waals surface area contributed by atoms with E-state index >= 15 is 0 Å². The van der Waals surface area contributed by atoms with E-state index in [1.165, 1.54) is 6.07 Å². The third-order valence-corrected chi connectivity index (χ3v) is 5.58. The standard InChI is InChI=1S/C18H28FN2OP.C2H6/c1-12(21-9-7-15(8-10-21)20(3)4)18(13(2)22)14-5-6-17(23)16(19)11-14;1-2/h5-6,11-12,15,18H,7-10,23H2,1-4H3;1-2H3/t12-,18?;/m1./s1. The van der Waals surface area contributed by atoms with Crippen molar-refractivity contribution in [2.24, 2.45) is 0 Å². The number of hydrogen-bond acceptors (Lipinski definition) is 3. The third kappa shape index (κ3) is 5.84. The lowest BCUT2D eigenvalue weighted by molar-refractivity contribution is -0.120. The van der Waals surface area contributed by atoms with Crippen LogP contribution >= 0.6 is 9.24 Å². The Bertz CT molecular complexity index is 557. The third-order valence-electron chi connectivity index (χ3n) is 5.11. The highest BCUT2D eigenvalue weighted by Crippen LogP contribution is 2.28. The van der Waals surface area contributed by atoms with Gasteiger partial charge in [-0.2, -0.15) is 0 Å². The minimum absolute atomic E-state index is 0.0883. The van der Waals surface area contributed by atoms with Crippen LogP contribution in [0.1, 0.15) is 52.0 Å². The molecule has 0 aromatic heterocycles. The summed E-state index contributed by atoms with van der Waals surface area (Å²) in [7, 11) is 6.62. The minimum Gasteiger partial charge on any atom is -0.306 e. The number of halogens is 1. The van der Waals surface area contributed by atoms with E-state index in [0.29, 0.717) is 11.3 Å². The monoisotopic (exact) mass is 368 g/mol. The average molecular weight is 368 g/mol. The van der Waals surface area contributed by atoms with E-state index in [0.717, 1.165) is 31.5 Å². The van der Waals surface area contributed by atoms with Gasteiger partial charge in [0.05, 0.1) is 5.92 Å². The normalized spacial score (nSPS) is 18.4. The number of Topliss-reactive ketones (excluding diaryl/α,β-unsaturated/α-hetero) is 1. The molecule has 1 fully saturated rings. The molecule has 1 aromatic rings. The van der Waals surface area contributed by atoms with Gasteiger partial charge in [0.2, 0.25) is 0 Å². The molecule has 0 saturated carbocycles. The number of ketones is 1. The van der Waals surface area contributed by atoms with Crippen LogP contribution in [0.4, 0.5) is 4.39 Å². The molecule has 0 bridgehead atoms. The topological polar surface area (TPSA) is 23.6 Å². The van der Waals surface area contributed by atoms with E-state index in [2.05, 4.69) is 40.1 Å². The number of rotatable bonds is 5. The van der Waals surface area contributed by atoms with Gasteiger partial charge in [-0.15, -0.1) is 9.24 Å². The van der Waals surface area contributed by atoms with Crippen molar-refractivity contribution in [1.29, 1.82) is 0 Å². The van der Waals surface area contributed by atoms with Crippen molar-refractivity contribution < 1.29 is 9.18 Å². The second-order valence-electron chi connectivity index (χ2n) is 6.84. The highest BCUT2D eigenvalue weighted by atomic mass is 31.0. The van der Waals surface area contributed by atoms with Crippen molar-refractivity contribution in [3.8, 4) is 0 Å². The minimum atomic E-state index is -0.272. The molecular formula is C20H34FN2OP. The molecule has 0 radical (unpaired) electrons. The zero-order chi connectivity index (χ0) is 19.1. The Labute approximate surface area is 155 Å². The number of nitrogens with zero attached hydrogens (tertiary/aromatic N) is 2. The Morgan fingerprint density at radius 3 is 2.28 bits per heavy atom. The van der Waals surface area contributed by atoms with Gasteiger partial charge in [-0.3, -0.25) is 9.69 Å². The fourth-order valence-corrected chi connectivity index (χ4v) is 3.79. The summed E-state index contributed by atoms with van der Waals surface area (Å²) in [4.78, 5) is 16.9. The first-order chi connectivity index (χ1) is 11.8. The fraction of sp³-hybridized carbons (Fsp3) is 0.650. The van der Waals surface area contributed by atoms with Gasteiger partial charge in [-0.25, -0.2) is 4.39 Å². The Kier molecular flexibility index (Phi) is 9.20. The van der Waals surface area contributed by atoms with E-state index in [-0.39, 0.29) is 23.6 Å². The van der Waals surface area contributed by atoms with Gasteiger partial charge in [0.1, 0.15) is 11.6 Å². The van der Waals surface area contributed by atoms with Gasteiger partial charge in [-0.1, -0.05) is 26.0 Å². The average Bonchev–Trinajstić information content (AvgIpc) is 2.59. The molecule has 2 rings (SSSR count). The summed E-state index contributed by atoms with van der Waals surface area (Å²) in [5, 5.41) is 0.538. The predicted octanol–water partition coefficient (Wildman–Crippen LogP) is 3.44. The van der Waals surface area contributed by atoms with Gasteiger partial charge >= 0.3 is 0 Å². The maximum absolute atomic E-state index is 13.9. The lowest BCUT2D eigenvalue weighted by Crippen LogP contribution is -2.48. The number of hydrogen-bond donors (Lipinski definition) is 0. The number of piperidine rings is 1. The van der Waals surface area contributed by atoms with Crippen molar-refractivity contribution in [3.63, 3.8) is 0 Å². The molecule has 3 atom stereocenters. The summed E-state index contributed by atoms with van der Waals surface area (Å²) in [6.45, 7) is 9.67. The first-order valence-corrected chi connectivity index (χ1v) is 9.84. The van der Waals surface area contributed by atoms with Gasteiger partial charge in [0, 0.05) is 17.4 Å². The maximum Gasteiger partial charge on any atom is 0.138 e. The molecule has 0 N–H and O–H groups in total. The van der Waals surface area contributed by atoms with Crippen LogP contribution in [0, 0.1) is 5.82 Å². The molecule has 5 heteroatoms. The molecule has 1 aromatic carbocycles. The Morgan fingerprint density at radius 1 is 1.28 bits per heavy atom. The van der Waals surface area contributed by atoms with E-state index in [1.54, 1.807) is 13.0 Å². The lowest BCUT2D eigenvalue weighted by Gasteiger charge is -2.40. The summed E-state index contributed by atoms with van der Waals surface area (Å²) in [5.74, 6) is -0.439. The molecule has 1 aliphatic heterocycles. The zero-order valence-corrected chi connectivity index (χ0v) is 17.7. The molecule has 0 amide bonds. The zero-order valence-electron chi connectivity index (χ0n) is 16.6. The van der Waals surface area contributed by atoms with Crippen LogP contribution in [0.2, 0.25) is 0 Å². The SMILES string of the molecule is CC.CC(=O)C(c1ccc(P)c(F)c1)[C@@H](C)N1CCC(N(C)C)CC1. The maximum atomic E-state index is 13.9. The molecule has 1 saturated heterocycles. The number of carbonyl (C=O) groups is 1. The first-order valence-electron chi connectivity index (χ1n) is 9.27. The Morgan fingerprint density at radius 2 is 1.84 bits per heavy atom. The molecule has 2 unspecified atom stereocenters. The summed E-state index contributed by atoms with van der Waals surface area (Å²) in [5.41, 5.74) is 0.781. The quantitative estimate of drug-likeness (QED) is 0.744. The van der Waals surface area contributed by atoms with Crippen molar-refractivity contribution in [3.05, 3.63) is 29.6 Å². The van der Waals surface area contributed by atoms with Gasteiger partial charge in [0.25, 0.3) is 0 Å². The number of carbonyl (C=O) groups excluding carboxylic acids is 1. The van der Waals surface area contributed by atoms with Crippen LogP contribution in [0.5, 0.6) is 0 Å². The fourth-order valence-electron chi connectivity index (χ4n) is 3.61. The van der Waals surface area contributed by atoms with E-state index in [9.17, 15) is 9.18 Å². The molecule has 142 valence electrons. The number of benzene rings is 1. The molecule has 3 nitrogen and oxygen atoms in total. The van der Waals surface area contributed by atoms with Gasteiger partial charge in [-0.05, 0) is 65.5 Å². The van der Waals surface area contributed by atoms with Gasteiger partial charge < -0.3 is 4.90 Å². The van der Waals surface area contributed by atoms with Crippen molar-refractivity contribution in [2.75, 3.05) is 27.2 Å². The Balaban J connectivity index is 0.00000151. The second-order valence-corrected chi connectivity index (χ2v) is 7.46. The van der Waals surface area contributed by atoms with Crippen molar-refractivity contribution in [2.45, 2.75) is 58.5 Å². The predicted molar refractivity (Wildman–Crippen MR) is 108 cm³/mol. The van der Waals surface area contributed by atoms with Crippen molar-refractivity contribution >= 4 is 20.3 Å². The van der Waals surface area contributed by atoms with Crippen LogP contribution in [0.3, 0.4) is 0 Å². The van der Waals surface area contributed by atoms with E-state index in [4.69, 9.17) is 0 Å². The first kappa shape index (κ1) is 22.2. The largest absolute Gasteiger partial charge is 0.306 e.